The third-order valence-electron chi connectivity index (χ3n) is 4.15. The Hall–Kier alpha value is -2.29. The summed E-state index contributed by atoms with van der Waals surface area (Å²) in [5, 5.41) is 0. The van der Waals surface area contributed by atoms with Gasteiger partial charge in [0.2, 0.25) is 5.88 Å². The van der Waals surface area contributed by atoms with E-state index in [9.17, 15) is 0 Å². The summed E-state index contributed by atoms with van der Waals surface area (Å²) < 4.78 is 5.88. The minimum absolute atomic E-state index is 0.177. The second-order valence-electron chi connectivity index (χ2n) is 7.09. The summed E-state index contributed by atoms with van der Waals surface area (Å²) in [5.74, 6) is 0.560. The van der Waals surface area contributed by atoms with Crippen molar-refractivity contribution in [1.82, 2.24) is 0 Å². The molecule has 0 atom stereocenters. The fourth-order valence-corrected chi connectivity index (χ4v) is 2.62. The maximum absolute atomic E-state index is 5.88. The lowest BCUT2D eigenvalue weighted by Crippen LogP contribution is -2.11. The van der Waals surface area contributed by atoms with Gasteiger partial charge in [0, 0.05) is 12.0 Å². The number of ether oxygens (including phenoxy) is 1. The van der Waals surface area contributed by atoms with E-state index >= 15 is 0 Å². The van der Waals surface area contributed by atoms with Gasteiger partial charge in [-0.15, -0.1) is 0 Å². The van der Waals surface area contributed by atoms with Crippen LogP contribution in [0.5, 0.6) is 0 Å². The highest BCUT2D eigenvalue weighted by Gasteiger charge is 2.13. The van der Waals surface area contributed by atoms with Crippen molar-refractivity contribution in [3.05, 3.63) is 71.2 Å². The molecule has 1 aliphatic carbocycles. The molecule has 1 aromatic rings. The summed E-state index contributed by atoms with van der Waals surface area (Å²) in [6.45, 7) is 11.3. The van der Waals surface area contributed by atoms with Crippen molar-refractivity contribution >= 4 is 6.34 Å². The van der Waals surface area contributed by atoms with Crippen LogP contribution in [0.1, 0.15) is 44.7 Å². The Morgan fingerprint density at radius 2 is 2.00 bits per heavy atom. The van der Waals surface area contributed by atoms with Gasteiger partial charge in [-0.05, 0) is 35.0 Å². The predicted octanol–water partition coefficient (Wildman–Crippen LogP) is 4.65. The molecule has 3 nitrogen and oxygen atoms in total. The maximum atomic E-state index is 5.88. The molecule has 0 saturated heterocycles. The molecule has 0 heterocycles. The molecular weight excluding hydrogens is 296 g/mol. The summed E-state index contributed by atoms with van der Waals surface area (Å²) in [4.78, 5) is 4.17. The first-order chi connectivity index (χ1) is 11.4. The fraction of sp³-hybridized carbons (Fsp3) is 0.381. The SMILES string of the molecule is C=C1CCC=C/C1=C(/N=C\N)OCCc1ccc(C(C)(C)C)cc1. The van der Waals surface area contributed by atoms with Crippen LogP contribution in [-0.2, 0) is 16.6 Å². The summed E-state index contributed by atoms with van der Waals surface area (Å²) in [7, 11) is 0. The Morgan fingerprint density at radius 1 is 1.29 bits per heavy atom. The third kappa shape index (κ3) is 4.85. The van der Waals surface area contributed by atoms with Gasteiger partial charge < -0.3 is 10.5 Å². The van der Waals surface area contributed by atoms with E-state index in [1.165, 1.54) is 17.5 Å². The van der Waals surface area contributed by atoms with Crippen LogP contribution in [0, 0.1) is 0 Å². The molecule has 24 heavy (non-hydrogen) atoms. The van der Waals surface area contributed by atoms with Gasteiger partial charge >= 0.3 is 0 Å². The maximum Gasteiger partial charge on any atom is 0.222 e. The van der Waals surface area contributed by atoms with E-state index in [4.69, 9.17) is 10.5 Å². The molecule has 128 valence electrons. The van der Waals surface area contributed by atoms with Crippen LogP contribution < -0.4 is 5.73 Å². The van der Waals surface area contributed by atoms with Crippen molar-refractivity contribution in [2.45, 2.75) is 45.4 Å². The molecule has 0 unspecified atom stereocenters. The Balaban J connectivity index is 2.01. The number of benzene rings is 1. The van der Waals surface area contributed by atoms with Crippen LogP contribution in [0.25, 0.3) is 0 Å². The summed E-state index contributed by atoms with van der Waals surface area (Å²) >= 11 is 0. The van der Waals surface area contributed by atoms with Gasteiger partial charge in [0.05, 0.1) is 12.9 Å². The van der Waals surface area contributed by atoms with Gasteiger partial charge in [0.15, 0.2) is 0 Å². The lowest BCUT2D eigenvalue weighted by atomic mass is 9.86. The molecule has 0 spiro atoms. The number of allylic oxidation sites excluding steroid dienone is 4. The molecule has 0 fully saturated rings. The Kier molecular flexibility index (Phi) is 6.02. The lowest BCUT2D eigenvalue weighted by molar-refractivity contribution is 0.211. The second-order valence-corrected chi connectivity index (χ2v) is 7.09. The van der Waals surface area contributed by atoms with Crippen molar-refractivity contribution in [1.29, 1.82) is 0 Å². The lowest BCUT2D eigenvalue weighted by Gasteiger charge is -2.19. The minimum atomic E-state index is 0.177. The second kappa shape index (κ2) is 8.00. The van der Waals surface area contributed by atoms with Crippen molar-refractivity contribution in [3.8, 4) is 0 Å². The molecule has 0 amide bonds. The number of aliphatic imine (C=N–C) groups is 1. The zero-order valence-corrected chi connectivity index (χ0v) is 15.0. The van der Waals surface area contributed by atoms with Crippen molar-refractivity contribution in [3.63, 3.8) is 0 Å². The van der Waals surface area contributed by atoms with Crippen LogP contribution in [0.3, 0.4) is 0 Å². The largest absolute Gasteiger partial charge is 0.477 e. The van der Waals surface area contributed by atoms with Gasteiger partial charge in [0.25, 0.3) is 0 Å². The molecule has 1 aliphatic rings. The van der Waals surface area contributed by atoms with E-state index in [-0.39, 0.29) is 5.41 Å². The first kappa shape index (κ1) is 18.1. The normalized spacial score (nSPS) is 17.4. The van der Waals surface area contributed by atoms with E-state index < -0.39 is 0 Å². The highest BCUT2D eigenvalue weighted by Crippen LogP contribution is 2.26. The Labute approximate surface area is 145 Å². The van der Waals surface area contributed by atoms with Gasteiger partial charge in [-0.2, -0.15) is 0 Å². The Morgan fingerprint density at radius 3 is 2.58 bits per heavy atom. The molecule has 0 radical (unpaired) electrons. The average molecular weight is 324 g/mol. The smallest absolute Gasteiger partial charge is 0.222 e. The molecule has 2 rings (SSSR count). The minimum Gasteiger partial charge on any atom is -0.477 e. The number of hydrogen-bond acceptors (Lipinski definition) is 2. The van der Waals surface area contributed by atoms with Crippen LogP contribution in [0.2, 0.25) is 0 Å². The molecule has 0 aliphatic heterocycles. The molecule has 0 saturated carbocycles. The molecule has 2 N–H and O–H groups in total. The topological polar surface area (TPSA) is 47.6 Å². The molecule has 1 aromatic carbocycles. The Bertz CT molecular complexity index is 658. The van der Waals surface area contributed by atoms with Crippen molar-refractivity contribution in [2.24, 2.45) is 10.7 Å². The van der Waals surface area contributed by atoms with Crippen LogP contribution in [-0.4, -0.2) is 12.9 Å². The van der Waals surface area contributed by atoms with Crippen LogP contribution >= 0.6 is 0 Å². The van der Waals surface area contributed by atoms with E-state index in [1.807, 2.05) is 6.08 Å². The average Bonchev–Trinajstić information content (AvgIpc) is 2.54. The first-order valence-electron chi connectivity index (χ1n) is 8.47. The highest BCUT2D eigenvalue weighted by molar-refractivity contribution is 5.55. The molecule has 0 aromatic heterocycles. The van der Waals surface area contributed by atoms with Crippen LogP contribution in [0.4, 0.5) is 0 Å². The number of hydrogen-bond donors (Lipinski definition) is 1. The van der Waals surface area contributed by atoms with E-state index in [0.717, 1.165) is 30.4 Å². The third-order valence-corrected chi connectivity index (χ3v) is 4.15. The van der Waals surface area contributed by atoms with Crippen molar-refractivity contribution < 1.29 is 4.74 Å². The van der Waals surface area contributed by atoms with Crippen LogP contribution in [0.15, 0.2) is 65.0 Å². The summed E-state index contributed by atoms with van der Waals surface area (Å²) in [5.41, 5.74) is 10.2. The fourth-order valence-electron chi connectivity index (χ4n) is 2.62. The van der Waals surface area contributed by atoms with Gasteiger partial charge in [-0.25, -0.2) is 4.99 Å². The monoisotopic (exact) mass is 324 g/mol. The zero-order valence-electron chi connectivity index (χ0n) is 15.0. The van der Waals surface area contributed by atoms with Gasteiger partial charge in [-0.3, -0.25) is 0 Å². The number of nitrogens with zero attached hydrogens (tertiary/aromatic N) is 1. The predicted molar refractivity (Wildman–Crippen MR) is 102 cm³/mol. The van der Waals surface area contributed by atoms with E-state index in [1.54, 1.807) is 0 Å². The van der Waals surface area contributed by atoms with E-state index in [0.29, 0.717) is 12.5 Å². The standard InChI is InChI=1S/C21H28N2O/c1-16-7-5-6-8-19(16)20(23-15-22)24-14-13-17-9-11-18(12-10-17)21(2,3)4/h6,8-12,15H,1,5,7,13-14H2,2-4H3,(H2,22,23)/b20-19+. The molecule has 3 heteroatoms. The first-order valence-corrected chi connectivity index (χ1v) is 8.47. The molecule has 0 bridgehead atoms. The summed E-state index contributed by atoms with van der Waals surface area (Å²) in [6.07, 6.45) is 8.19. The zero-order chi connectivity index (χ0) is 17.6. The molecular formula is C21H28N2O. The highest BCUT2D eigenvalue weighted by atomic mass is 16.5. The number of rotatable bonds is 5. The number of nitrogens with two attached hydrogens (primary N) is 1. The quantitative estimate of drug-likeness (QED) is 0.487. The summed E-state index contributed by atoms with van der Waals surface area (Å²) in [6, 6.07) is 8.72. The van der Waals surface area contributed by atoms with E-state index in [2.05, 4.69) is 62.7 Å². The van der Waals surface area contributed by atoms with Gasteiger partial charge in [-0.1, -0.05) is 63.8 Å². The van der Waals surface area contributed by atoms with Gasteiger partial charge in [0.1, 0.15) is 0 Å². The van der Waals surface area contributed by atoms with Crippen molar-refractivity contribution in [2.75, 3.05) is 6.61 Å².